The third-order valence-corrected chi connectivity index (χ3v) is 5.31. The molecule has 0 aliphatic carbocycles. The van der Waals surface area contributed by atoms with Crippen molar-refractivity contribution in [3.05, 3.63) is 58.3 Å². The number of amides is 1. The summed E-state index contributed by atoms with van der Waals surface area (Å²) in [4.78, 5) is 14.8. The van der Waals surface area contributed by atoms with Crippen LogP contribution in [0.15, 0.2) is 47.1 Å². The molecule has 1 amide bonds. The molecule has 0 bridgehead atoms. The molecule has 4 nitrogen and oxygen atoms in total. The molecule has 1 aliphatic heterocycles. The molecule has 1 saturated heterocycles. The Kier molecular flexibility index (Phi) is 5.41. The van der Waals surface area contributed by atoms with Crippen molar-refractivity contribution < 1.29 is 4.79 Å². The van der Waals surface area contributed by atoms with Crippen LogP contribution in [0.3, 0.4) is 0 Å². The predicted molar refractivity (Wildman–Crippen MR) is 99.7 cm³/mol. The first-order valence-electron chi connectivity index (χ1n) is 8.44. The van der Waals surface area contributed by atoms with Crippen LogP contribution < -0.4 is 5.32 Å². The summed E-state index contributed by atoms with van der Waals surface area (Å²) in [5.41, 5.74) is 2.41. The lowest BCUT2D eigenvalue weighted by Crippen LogP contribution is -2.38. The van der Waals surface area contributed by atoms with E-state index < -0.39 is 0 Å². The van der Waals surface area contributed by atoms with Gasteiger partial charge in [-0.25, -0.2) is 0 Å². The number of hydrogen-bond donors (Lipinski definition) is 1. The van der Waals surface area contributed by atoms with Crippen LogP contribution >= 0.6 is 15.9 Å². The van der Waals surface area contributed by atoms with Crippen LogP contribution in [0.2, 0.25) is 0 Å². The zero-order valence-corrected chi connectivity index (χ0v) is 15.8. The minimum absolute atomic E-state index is 0.0155. The molecule has 2 heterocycles. The highest BCUT2D eigenvalue weighted by atomic mass is 79.9. The number of aromatic nitrogens is 1. The Morgan fingerprint density at radius 2 is 2.08 bits per heavy atom. The highest BCUT2D eigenvalue weighted by Crippen LogP contribution is 2.31. The second-order valence-corrected chi connectivity index (χ2v) is 7.43. The maximum absolute atomic E-state index is 12.5. The lowest BCUT2D eigenvalue weighted by atomic mass is 10.1. The lowest BCUT2D eigenvalue weighted by molar-refractivity contribution is -0.123. The molecule has 1 aromatic carbocycles. The van der Waals surface area contributed by atoms with Crippen molar-refractivity contribution >= 4 is 21.8 Å². The van der Waals surface area contributed by atoms with Crippen LogP contribution in [0.25, 0.3) is 0 Å². The zero-order valence-electron chi connectivity index (χ0n) is 14.2. The number of carbonyl (C=O) groups is 1. The topological polar surface area (TPSA) is 37.3 Å². The number of hydrogen-bond acceptors (Lipinski definition) is 2. The molecule has 2 aromatic rings. The SMILES string of the molecule is C[C@@H](NC(=O)CN1CCC[C@H]1c1cccn1C)c1ccc(Br)cc1. The van der Waals surface area contributed by atoms with Crippen molar-refractivity contribution in [1.82, 2.24) is 14.8 Å². The van der Waals surface area contributed by atoms with E-state index in [0.29, 0.717) is 12.6 Å². The van der Waals surface area contributed by atoms with Gasteiger partial charge in [-0.15, -0.1) is 0 Å². The molecule has 3 rings (SSSR count). The van der Waals surface area contributed by atoms with E-state index in [4.69, 9.17) is 0 Å². The monoisotopic (exact) mass is 389 g/mol. The first kappa shape index (κ1) is 17.2. The summed E-state index contributed by atoms with van der Waals surface area (Å²) < 4.78 is 3.21. The second-order valence-electron chi connectivity index (χ2n) is 6.51. The van der Waals surface area contributed by atoms with Crippen LogP contribution in [0.5, 0.6) is 0 Å². The number of benzene rings is 1. The van der Waals surface area contributed by atoms with Crippen molar-refractivity contribution in [2.75, 3.05) is 13.1 Å². The summed E-state index contributed by atoms with van der Waals surface area (Å²) in [5.74, 6) is 0.0894. The molecule has 0 saturated carbocycles. The molecule has 128 valence electrons. The summed E-state index contributed by atoms with van der Waals surface area (Å²) >= 11 is 3.44. The normalized spacial score (nSPS) is 19.4. The molecule has 1 fully saturated rings. The minimum Gasteiger partial charge on any atom is -0.353 e. The van der Waals surface area contributed by atoms with E-state index in [0.717, 1.165) is 29.4 Å². The Morgan fingerprint density at radius 3 is 2.75 bits per heavy atom. The Balaban J connectivity index is 1.60. The molecule has 24 heavy (non-hydrogen) atoms. The van der Waals surface area contributed by atoms with Crippen LogP contribution in [0, 0.1) is 0 Å². The van der Waals surface area contributed by atoms with Gasteiger partial charge in [0.25, 0.3) is 0 Å². The summed E-state index contributed by atoms with van der Waals surface area (Å²) in [6.45, 7) is 3.46. The van der Waals surface area contributed by atoms with Gasteiger partial charge in [-0.3, -0.25) is 9.69 Å². The number of rotatable bonds is 5. The average molecular weight is 390 g/mol. The zero-order chi connectivity index (χ0) is 17.1. The Bertz CT molecular complexity index is 695. The van der Waals surface area contributed by atoms with Crippen molar-refractivity contribution in [2.24, 2.45) is 7.05 Å². The molecular formula is C19H24BrN3O. The largest absolute Gasteiger partial charge is 0.353 e. The smallest absolute Gasteiger partial charge is 0.234 e. The van der Waals surface area contributed by atoms with E-state index in [-0.39, 0.29) is 11.9 Å². The minimum atomic E-state index is 0.0155. The highest BCUT2D eigenvalue weighted by molar-refractivity contribution is 9.10. The van der Waals surface area contributed by atoms with E-state index in [9.17, 15) is 4.79 Å². The van der Waals surface area contributed by atoms with E-state index in [2.05, 4.69) is 56.1 Å². The number of halogens is 1. The molecule has 1 N–H and O–H groups in total. The van der Waals surface area contributed by atoms with Gasteiger partial charge < -0.3 is 9.88 Å². The fourth-order valence-corrected chi connectivity index (χ4v) is 3.74. The molecule has 0 unspecified atom stereocenters. The summed E-state index contributed by atoms with van der Waals surface area (Å²) in [6.07, 6.45) is 4.33. The number of likely N-dealkylation sites (tertiary alicyclic amines) is 1. The summed E-state index contributed by atoms with van der Waals surface area (Å²) in [5, 5.41) is 3.12. The number of carbonyl (C=O) groups excluding carboxylic acids is 1. The van der Waals surface area contributed by atoms with Crippen molar-refractivity contribution in [3.63, 3.8) is 0 Å². The van der Waals surface area contributed by atoms with E-state index in [1.807, 2.05) is 31.2 Å². The molecule has 1 aromatic heterocycles. The van der Waals surface area contributed by atoms with Crippen LogP contribution in [0.4, 0.5) is 0 Å². The molecule has 5 heteroatoms. The van der Waals surface area contributed by atoms with Gasteiger partial charge in [0.05, 0.1) is 18.6 Å². The quantitative estimate of drug-likeness (QED) is 0.843. The van der Waals surface area contributed by atoms with Gasteiger partial charge in [0.2, 0.25) is 5.91 Å². The second kappa shape index (κ2) is 7.53. The summed E-state index contributed by atoms with van der Waals surface area (Å²) in [6, 6.07) is 12.7. The predicted octanol–water partition coefficient (Wildman–Crippen LogP) is 3.80. The first-order valence-corrected chi connectivity index (χ1v) is 9.24. The van der Waals surface area contributed by atoms with Gasteiger partial charge in [0.15, 0.2) is 0 Å². The van der Waals surface area contributed by atoms with Crippen molar-refractivity contribution in [2.45, 2.75) is 31.8 Å². The maximum atomic E-state index is 12.5. The standard InChI is InChI=1S/C19H24BrN3O/c1-14(15-7-9-16(20)10-8-15)21-19(24)13-23-12-4-6-18(23)17-5-3-11-22(17)2/h3,5,7-11,14,18H,4,6,12-13H2,1-2H3,(H,21,24)/t14-,18+/m1/s1. The third-order valence-electron chi connectivity index (χ3n) is 4.78. The lowest BCUT2D eigenvalue weighted by Gasteiger charge is -2.25. The van der Waals surface area contributed by atoms with Gasteiger partial charge in [-0.05, 0) is 56.1 Å². The van der Waals surface area contributed by atoms with E-state index in [1.165, 1.54) is 5.69 Å². The Labute approximate surface area is 152 Å². The van der Waals surface area contributed by atoms with Gasteiger partial charge in [0.1, 0.15) is 0 Å². The Hall–Kier alpha value is -1.59. The molecule has 0 radical (unpaired) electrons. The maximum Gasteiger partial charge on any atom is 0.234 e. The van der Waals surface area contributed by atoms with Gasteiger partial charge in [-0.1, -0.05) is 28.1 Å². The number of aryl methyl sites for hydroxylation is 1. The molecule has 1 aliphatic rings. The fourth-order valence-electron chi connectivity index (χ4n) is 3.48. The van der Waals surface area contributed by atoms with Crippen LogP contribution in [-0.2, 0) is 11.8 Å². The third kappa shape index (κ3) is 3.90. The van der Waals surface area contributed by atoms with Gasteiger partial charge in [0, 0.05) is 23.4 Å². The number of nitrogens with one attached hydrogen (secondary N) is 1. The molecule has 2 atom stereocenters. The van der Waals surface area contributed by atoms with Crippen molar-refractivity contribution in [1.29, 1.82) is 0 Å². The number of nitrogens with zero attached hydrogens (tertiary/aromatic N) is 2. The Morgan fingerprint density at radius 1 is 1.33 bits per heavy atom. The van der Waals surface area contributed by atoms with E-state index >= 15 is 0 Å². The van der Waals surface area contributed by atoms with Crippen LogP contribution in [-0.4, -0.2) is 28.5 Å². The first-order chi connectivity index (χ1) is 11.5. The highest BCUT2D eigenvalue weighted by Gasteiger charge is 2.29. The fraction of sp³-hybridized carbons (Fsp3) is 0.421. The van der Waals surface area contributed by atoms with Gasteiger partial charge in [-0.2, -0.15) is 0 Å². The molecule has 0 spiro atoms. The van der Waals surface area contributed by atoms with Gasteiger partial charge >= 0.3 is 0 Å². The molecular weight excluding hydrogens is 366 g/mol. The van der Waals surface area contributed by atoms with Crippen molar-refractivity contribution in [3.8, 4) is 0 Å². The average Bonchev–Trinajstić information content (AvgIpc) is 3.16. The summed E-state index contributed by atoms with van der Waals surface area (Å²) in [7, 11) is 2.07. The van der Waals surface area contributed by atoms with E-state index in [1.54, 1.807) is 0 Å². The van der Waals surface area contributed by atoms with Crippen LogP contribution in [0.1, 0.15) is 43.1 Å².